The molecule has 1 saturated carbocycles. The van der Waals surface area contributed by atoms with Gasteiger partial charge in [0.25, 0.3) is 5.91 Å². The lowest BCUT2D eigenvalue weighted by molar-refractivity contribution is 0.0504. The number of piperidine rings is 1. The van der Waals surface area contributed by atoms with E-state index >= 15 is 0 Å². The first kappa shape index (κ1) is 18.5. The summed E-state index contributed by atoms with van der Waals surface area (Å²) in [4.78, 5) is 30.6. The quantitative estimate of drug-likeness (QED) is 0.874. The van der Waals surface area contributed by atoms with Gasteiger partial charge in [0.15, 0.2) is 0 Å². The van der Waals surface area contributed by atoms with Gasteiger partial charge < -0.3 is 14.7 Å². The fourth-order valence-corrected chi connectivity index (χ4v) is 4.52. The number of aromatic nitrogens is 1. The summed E-state index contributed by atoms with van der Waals surface area (Å²) in [7, 11) is 1.52. The standard InChI is InChI=1S/C22H24N2O4/c1-28-19-9-8-18(22(26)27)23-20(19)16-6-3-7-17(11-16)21(25)24-12-14-4-2-5-15(10-14)13-24/h3,6-9,11,14-15H,2,4-5,10,12-13H2,1H3,(H,26,27). The molecule has 0 spiro atoms. The molecule has 28 heavy (non-hydrogen) atoms. The third-order valence-electron chi connectivity index (χ3n) is 5.82. The Morgan fingerprint density at radius 2 is 1.89 bits per heavy atom. The van der Waals surface area contributed by atoms with E-state index in [0.717, 1.165) is 13.1 Å². The third-order valence-corrected chi connectivity index (χ3v) is 5.82. The van der Waals surface area contributed by atoms with Gasteiger partial charge in [-0.15, -0.1) is 0 Å². The van der Waals surface area contributed by atoms with Crippen LogP contribution in [0, 0.1) is 11.8 Å². The van der Waals surface area contributed by atoms with E-state index in [1.807, 2.05) is 23.1 Å². The molecule has 6 heteroatoms. The second kappa shape index (κ2) is 7.62. The minimum atomic E-state index is -1.10. The van der Waals surface area contributed by atoms with Crippen LogP contribution in [0.4, 0.5) is 0 Å². The maximum atomic E-state index is 13.1. The van der Waals surface area contributed by atoms with Crippen molar-refractivity contribution in [1.82, 2.24) is 9.88 Å². The number of pyridine rings is 1. The highest BCUT2D eigenvalue weighted by atomic mass is 16.5. The molecule has 2 aliphatic rings. The van der Waals surface area contributed by atoms with E-state index in [1.165, 1.54) is 38.9 Å². The molecular weight excluding hydrogens is 356 g/mol. The van der Waals surface area contributed by atoms with Gasteiger partial charge in [-0.05, 0) is 55.4 Å². The number of benzene rings is 1. The van der Waals surface area contributed by atoms with Crippen LogP contribution in [0.1, 0.15) is 46.5 Å². The topological polar surface area (TPSA) is 79.7 Å². The molecule has 2 bridgehead atoms. The molecule has 1 aromatic heterocycles. The summed E-state index contributed by atoms with van der Waals surface area (Å²) in [5, 5.41) is 9.25. The minimum absolute atomic E-state index is 0.0341. The molecule has 1 saturated heterocycles. The SMILES string of the molecule is COc1ccc(C(=O)O)nc1-c1cccc(C(=O)N2CC3CCCC(C3)C2)c1. The van der Waals surface area contributed by atoms with Crippen molar-refractivity contribution in [3.05, 3.63) is 47.7 Å². The number of rotatable bonds is 4. The average molecular weight is 380 g/mol. The largest absolute Gasteiger partial charge is 0.494 e. The van der Waals surface area contributed by atoms with E-state index in [1.54, 1.807) is 12.1 Å². The minimum Gasteiger partial charge on any atom is -0.494 e. The molecular formula is C22H24N2O4. The van der Waals surface area contributed by atoms with Crippen molar-refractivity contribution in [2.75, 3.05) is 20.2 Å². The lowest BCUT2D eigenvalue weighted by Crippen LogP contribution is -2.45. The number of aromatic carboxylic acids is 1. The summed E-state index contributed by atoms with van der Waals surface area (Å²) in [5.74, 6) is 0.646. The Bertz CT molecular complexity index is 899. The molecule has 2 aromatic rings. The number of carboxylic acids is 1. The second-order valence-corrected chi connectivity index (χ2v) is 7.74. The van der Waals surface area contributed by atoms with Crippen molar-refractivity contribution in [2.24, 2.45) is 11.8 Å². The van der Waals surface area contributed by atoms with Gasteiger partial charge in [-0.1, -0.05) is 18.6 Å². The van der Waals surface area contributed by atoms with Crippen LogP contribution in [0.3, 0.4) is 0 Å². The van der Waals surface area contributed by atoms with E-state index in [2.05, 4.69) is 4.98 Å². The van der Waals surface area contributed by atoms with Crippen LogP contribution in [0.15, 0.2) is 36.4 Å². The fraction of sp³-hybridized carbons (Fsp3) is 0.409. The van der Waals surface area contributed by atoms with Gasteiger partial charge in [0.1, 0.15) is 17.1 Å². The normalized spacial score (nSPS) is 21.2. The van der Waals surface area contributed by atoms with Gasteiger partial charge >= 0.3 is 5.97 Å². The maximum Gasteiger partial charge on any atom is 0.354 e. The predicted octanol–water partition coefficient (Wildman–Crippen LogP) is 3.72. The zero-order chi connectivity index (χ0) is 19.7. The highest BCUT2D eigenvalue weighted by Crippen LogP contribution is 2.35. The van der Waals surface area contributed by atoms with E-state index in [9.17, 15) is 14.7 Å². The Morgan fingerprint density at radius 1 is 1.14 bits per heavy atom. The summed E-state index contributed by atoms with van der Waals surface area (Å²) in [6.45, 7) is 1.66. The summed E-state index contributed by atoms with van der Waals surface area (Å²) >= 11 is 0. The van der Waals surface area contributed by atoms with Gasteiger partial charge in [-0.3, -0.25) is 4.79 Å². The number of carboxylic acid groups (broad SMARTS) is 1. The van der Waals surface area contributed by atoms with Crippen molar-refractivity contribution < 1.29 is 19.4 Å². The van der Waals surface area contributed by atoms with Crippen LogP contribution in [0.2, 0.25) is 0 Å². The van der Waals surface area contributed by atoms with Crippen LogP contribution in [-0.2, 0) is 0 Å². The Balaban J connectivity index is 1.64. The number of fused-ring (bicyclic) bond motifs is 2. The first-order valence-corrected chi connectivity index (χ1v) is 9.73. The molecule has 2 fully saturated rings. The Hall–Kier alpha value is -2.89. The van der Waals surface area contributed by atoms with Crippen molar-refractivity contribution in [3.63, 3.8) is 0 Å². The third kappa shape index (κ3) is 3.59. The number of hydrogen-bond acceptors (Lipinski definition) is 4. The van der Waals surface area contributed by atoms with Gasteiger partial charge in [0.05, 0.1) is 7.11 Å². The summed E-state index contributed by atoms with van der Waals surface area (Å²) in [6.07, 6.45) is 4.94. The number of nitrogens with zero attached hydrogens (tertiary/aromatic N) is 2. The molecule has 1 aliphatic carbocycles. The van der Waals surface area contributed by atoms with Crippen molar-refractivity contribution in [3.8, 4) is 17.0 Å². The molecule has 4 rings (SSSR count). The number of ether oxygens (including phenoxy) is 1. The number of carbonyl (C=O) groups is 2. The van der Waals surface area contributed by atoms with Gasteiger partial charge in [-0.25, -0.2) is 9.78 Å². The zero-order valence-electron chi connectivity index (χ0n) is 15.9. The lowest BCUT2D eigenvalue weighted by atomic mass is 9.78. The molecule has 146 valence electrons. The van der Waals surface area contributed by atoms with Crippen LogP contribution >= 0.6 is 0 Å². The first-order valence-electron chi connectivity index (χ1n) is 9.73. The second-order valence-electron chi connectivity index (χ2n) is 7.74. The summed E-state index contributed by atoms with van der Waals surface area (Å²) < 4.78 is 5.35. The van der Waals surface area contributed by atoms with E-state index < -0.39 is 5.97 Å². The van der Waals surface area contributed by atoms with Gasteiger partial charge in [0, 0.05) is 24.2 Å². The number of amides is 1. The number of hydrogen-bond donors (Lipinski definition) is 1. The van der Waals surface area contributed by atoms with Crippen molar-refractivity contribution in [1.29, 1.82) is 0 Å². The Kier molecular flexibility index (Phi) is 5.03. The van der Waals surface area contributed by atoms with Crippen LogP contribution in [-0.4, -0.2) is 47.1 Å². The zero-order valence-corrected chi connectivity index (χ0v) is 15.9. The first-order chi connectivity index (χ1) is 13.5. The Morgan fingerprint density at radius 3 is 2.57 bits per heavy atom. The summed E-state index contributed by atoms with van der Waals surface area (Å²) in [6, 6.07) is 10.2. The molecule has 6 nitrogen and oxygen atoms in total. The summed E-state index contributed by atoms with van der Waals surface area (Å²) in [5.41, 5.74) is 1.63. The van der Waals surface area contributed by atoms with E-state index in [-0.39, 0.29) is 11.6 Å². The molecule has 1 amide bonds. The van der Waals surface area contributed by atoms with Crippen LogP contribution in [0.25, 0.3) is 11.3 Å². The Labute approximate surface area is 164 Å². The number of methoxy groups -OCH3 is 1. The lowest BCUT2D eigenvalue weighted by Gasteiger charge is -2.41. The molecule has 2 unspecified atom stereocenters. The van der Waals surface area contributed by atoms with Crippen LogP contribution in [0.5, 0.6) is 5.75 Å². The molecule has 1 aliphatic heterocycles. The molecule has 2 heterocycles. The molecule has 2 atom stereocenters. The van der Waals surface area contributed by atoms with Crippen molar-refractivity contribution in [2.45, 2.75) is 25.7 Å². The van der Waals surface area contributed by atoms with Crippen molar-refractivity contribution >= 4 is 11.9 Å². The van der Waals surface area contributed by atoms with Crippen LogP contribution < -0.4 is 4.74 Å². The molecule has 1 N–H and O–H groups in total. The van der Waals surface area contributed by atoms with Gasteiger partial charge in [0.2, 0.25) is 0 Å². The predicted molar refractivity (Wildman–Crippen MR) is 105 cm³/mol. The van der Waals surface area contributed by atoms with E-state index in [4.69, 9.17) is 4.74 Å². The number of likely N-dealkylation sites (tertiary alicyclic amines) is 1. The van der Waals surface area contributed by atoms with Gasteiger partial charge in [-0.2, -0.15) is 0 Å². The molecule has 0 radical (unpaired) electrons. The smallest absolute Gasteiger partial charge is 0.354 e. The maximum absolute atomic E-state index is 13.1. The monoisotopic (exact) mass is 380 g/mol. The molecule has 1 aromatic carbocycles. The highest BCUT2D eigenvalue weighted by Gasteiger charge is 2.33. The van der Waals surface area contributed by atoms with E-state index in [0.29, 0.717) is 34.4 Å². The number of carbonyl (C=O) groups excluding carboxylic acids is 1. The fourth-order valence-electron chi connectivity index (χ4n) is 4.52. The highest BCUT2D eigenvalue weighted by molar-refractivity contribution is 5.96. The average Bonchev–Trinajstić information content (AvgIpc) is 2.72.